The average molecular weight is 256 g/mol. The van der Waals surface area contributed by atoms with Crippen molar-refractivity contribution < 1.29 is 28.6 Å². The summed E-state index contributed by atoms with van der Waals surface area (Å²) in [7, 11) is 2.42. The van der Waals surface area contributed by atoms with Crippen molar-refractivity contribution in [2.75, 3.05) is 14.2 Å². The molecule has 0 aromatic carbocycles. The molecular weight excluding hydrogens is 240 g/mol. The molecule has 0 aromatic heterocycles. The van der Waals surface area contributed by atoms with Crippen molar-refractivity contribution in [3.05, 3.63) is 0 Å². The van der Waals surface area contributed by atoms with E-state index in [-0.39, 0.29) is 18.8 Å². The van der Waals surface area contributed by atoms with Crippen molar-refractivity contribution >= 4 is 17.9 Å². The summed E-state index contributed by atoms with van der Waals surface area (Å²) in [5.74, 6) is -1.75. The molecule has 100 valence electrons. The van der Waals surface area contributed by atoms with Gasteiger partial charge in [0.2, 0.25) is 0 Å². The molecule has 2 aliphatic rings. The number of fused-ring (bicyclic) bond motifs is 1. The minimum atomic E-state index is -1.45. The van der Waals surface area contributed by atoms with Gasteiger partial charge in [-0.3, -0.25) is 14.4 Å². The molecule has 1 saturated carbocycles. The largest absolute Gasteiger partial charge is 0.468 e. The van der Waals surface area contributed by atoms with Gasteiger partial charge in [0.15, 0.2) is 5.41 Å². The van der Waals surface area contributed by atoms with Crippen LogP contribution in [0.2, 0.25) is 0 Å². The third kappa shape index (κ3) is 1.20. The lowest BCUT2D eigenvalue weighted by Crippen LogP contribution is -2.60. The number of hydrogen-bond acceptors (Lipinski definition) is 6. The zero-order chi connectivity index (χ0) is 13.8. The van der Waals surface area contributed by atoms with E-state index in [2.05, 4.69) is 0 Å². The summed E-state index contributed by atoms with van der Waals surface area (Å²) in [5.41, 5.74) is -3.10. The van der Waals surface area contributed by atoms with Crippen molar-refractivity contribution in [2.24, 2.45) is 10.8 Å². The fourth-order valence-electron chi connectivity index (χ4n) is 3.09. The highest BCUT2D eigenvalue weighted by molar-refractivity contribution is 6.03. The Labute approximate surface area is 105 Å². The van der Waals surface area contributed by atoms with Gasteiger partial charge in [0.25, 0.3) is 0 Å². The van der Waals surface area contributed by atoms with Gasteiger partial charge in [-0.05, 0) is 20.3 Å². The van der Waals surface area contributed by atoms with Crippen LogP contribution in [0.5, 0.6) is 0 Å². The van der Waals surface area contributed by atoms with Crippen LogP contribution in [0, 0.1) is 10.8 Å². The molecule has 0 spiro atoms. The maximum atomic E-state index is 12.0. The van der Waals surface area contributed by atoms with Crippen LogP contribution < -0.4 is 0 Å². The Morgan fingerprint density at radius 3 is 1.94 bits per heavy atom. The summed E-state index contributed by atoms with van der Waals surface area (Å²) >= 11 is 0. The van der Waals surface area contributed by atoms with E-state index in [0.29, 0.717) is 0 Å². The van der Waals surface area contributed by atoms with Gasteiger partial charge < -0.3 is 14.2 Å². The molecule has 6 nitrogen and oxygen atoms in total. The summed E-state index contributed by atoms with van der Waals surface area (Å²) in [5, 5.41) is 0. The number of rotatable bonds is 2. The lowest BCUT2D eigenvalue weighted by molar-refractivity contribution is -0.225. The second kappa shape index (κ2) is 3.46. The molecular formula is C12H16O6. The fourth-order valence-corrected chi connectivity index (χ4v) is 3.09. The molecule has 1 saturated heterocycles. The number of esters is 3. The van der Waals surface area contributed by atoms with Crippen LogP contribution in [-0.2, 0) is 28.6 Å². The van der Waals surface area contributed by atoms with Gasteiger partial charge in [0.1, 0.15) is 11.0 Å². The molecule has 0 N–H and O–H groups in total. The number of methoxy groups -OCH3 is 2. The van der Waals surface area contributed by atoms with Crippen molar-refractivity contribution in [1.82, 2.24) is 0 Å². The Morgan fingerprint density at radius 1 is 1.11 bits per heavy atom. The second-order valence-electron chi connectivity index (χ2n) is 5.37. The Kier molecular flexibility index (Phi) is 2.47. The van der Waals surface area contributed by atoms with Crippen LogP contribution in [0.25, 0.3) is 0 Å². The number of hydrogen-bond donors (Lipinski definition) is 0. The summed E-state index contributed by atoms with van der Waals surface area (Å²) in [6, 6.07) is 0. The first kappa shape index (κ1) is 12.9. The highest BCUT2D eigenvalue weighted by Crippen LogP contribution is 2.64. The highest BCUT2D eigenvalue weighted by atomic mass is 16.6. The fraction of sp³-hybridized carbons (Fsp3) is 0.750. The van der Waals surface area contributed by atoms with Gasteiger partial charge in [0, 0.05) is 6.42 Å². The highest BCUT2D eigenvalue weighted by Gasteiger charge is 2.76. The molecule has 0 unspecified atom stereocenters. The summed E-state index contributed by atoms with van der Waals surface area (Å²) < 4.78 is 14.6. The molecule has 0 bridgehead atoms. The van der Waals surface area contributed by atoms with Gasteiger partial charge >= 0.3 is 17.9 Å². The standard InChI is InChI=1S/C12H16O6/c1-10-5-12(8(14)16-3,9(15)17-4)6-11(10,2)18-7(10)13/h5-6H2,1-4H3/t10-,11-/m1/s1. The minimum Gasteiger partial charge on any atom is -0.468 e. The molecule has 0 aromatic rings. The first-order valence-corrected chi connectivity index (χ1v) is 5.66. The number of ether oxygens (including phenoxy) is 3. The van der Waals surface area contributed by atoms with Gasteiger partial charge in [-0.25, -0.2) is 0 Å². The van der Waals surface area contributed by atoms with Crippen LogP contribution >= 0.6 is 0 Å². The molecule has 0 amide bonds. The van der Waals surface area contributed by atoms with Crippen molar-refractivity contribution in [2.45, 2.75) is 32.3 Å². The van der Waals surface area contributed by atoms with Gasteiger partial charge in [-0.15, -0.1) is 0 Å². The van der Waals surface area contributed by atoms with E-state index in [9.17, 15) is 14.4 Å². The first-order chi connectivity index (χ1) is 8.25. The zero-order valence-corrected chi connectivity index (χ0v) is 10.9. The third-order valence-electron chi connectivity index (χ3n) is 4.38. The predicted octanol–water partition coefficient (Wildman–Crippen LogP) is 0.434. The SMILES string of the molecule is COC(=O)C1(C(=O)OC)C[C@@]2(C)OC(=O)[C@@]2(C)C1. The Morgan fingerprint density at radius 2 is 1.61 bits per heavy atom. The van der Waals surface area contributed by atoms with Crippen LogP contribution in [-0.4, -0.2) is 37.7 Å². The Bertz CT molecular complexity index is 426. The maximum absolute atomic E-state index is 12.0. The predicted molar refractivity (Wildman–Crippen MR) is 58.3 cm³/mol. The third-order valence-corrected chi connectivity index (χ3v) is 4.38. The van der Waals surface area contributed by atoms with Crippen LogP contribution in [0.3, 0.4) is 0 Å². The lowest BCUT2D eigenvalue weighted by Gasteiger charge is -2.48. The molecule has 2 fully saturated rings. The molecule has 0 radical (unpaired) electrons. The van der Waals surface area contributed by atoms with Crippen LogP contribution in [0.4, 0.5) is 0 Å². The van der Waals surface area contributed by atoms with Crippen molar-refractivity contribution in [1.29, 1.82) is 0 Å². The monoisotopic (exact) mass is 256 g/mol. The van der Waals surface area contributed by atoms with Gasteiger partial charge in [0.05, 0.1) is 14.2 Å². The smallest absolute Gasteiger partial charge is 0.323 e. The second-order valence-corrected chi connectivity index (χ2v) is 5.37. The summed E-state index contributed by atoms with van der Waals surface area (Å²) in [6.45, 7) is 3.43. The van der Waals surface area contributed by atoms with E-state index in [1.54, 1.807) is 13.8 Å². The molecule has 6 heteroatoms. The van der Waals surface area contributed by atoms with E-state index in [4.69, 9.17) is 14.2 Å². The molecule has 2 atom stereocenters. The average Bonchev–Trinajstić information content (AvgIpc) is 2.53. The minimum absolute atomic E-state index is 0.0642. The van der Waals surface area contributed by atoms with Crippen molar-refractivity contribution in [3.63, 3.8) is 0 Å². The Hall–Kier alpha value is -1.59. The van der Waals surface area contributed by atoms with Gasteiger partial charge in [-0.2, -0.15) is 0 Å². The van der Waals surface area contributed by atoms with E-state index in [1.807, 2.05) is 0 Å². The van der Waals surface area contributed by atoms with E-state index < -0.39 is 28.4 Å². The first-order valence-electron chi connectivity index (χ1n) is 5.66. The van der Waals surface area contributed by atoms with Crippen molar-refractivity contribution in [3.8, 4) is 0 Å². The maximum Gasteiger partial charge on any atom is 0.323 e. The number of carbonyl (C=O) groups is 3. The Balaban J connectivity index is 2.45. The van der Waals surface area contributed by atoms with E-state index in [0.717, 1.165) is 0 Å². The quantitative estimate of drug-likeness (QED) is 0.405. The molecule has 2 rings (SSSR count). The van der Waals surface area contributed by atoms with E-state index in [1.165, 1.54) is 14.2 Å². The van der Waals surface area contributed by atoms with Crippen LogP contribution in [0.1, 0.15) is 26.7 Å². The van der Waals surface area contributed by atoms with E-state index >= 15 is 0 Å². The molecule has 18 heavy (non-hydrogen) atoms. The zero-order valence-electron chi connectivity index (χ0n) is 10.9. The van der Waals surface area contributed by atoms with Gasteiger partial charge in [-0.1, -0.05) is 0 Å². The van der Waals surface area contributed by atoms with Crippen LogP contribution in [0.15, 0.2) is 0 Å². The summed E-state index contributed by atoms with van der Waals surface area (Å²) in [4.78, 5) is 35.5. The summed E-state index contributed by atoms with van der Waals surface area (Å²) in [6.07, 6.45) is 0.163. The lowest BCUT2D eigenvalue weighted by atomic mass is 9.72. The normalized spacial score (nSPS) is 36.1. The topological polar surface area (TPSA) is 78.9 Å². The molecule has 1 heterocycles. The molecule has 1 aliphatic heterocycles. The molecule has 1 aliphatic carbocycles. The number of carbonyl (C=O) groups excluding carboxylic acids is 3.